The number of thiophene rings is 1. The summed E-state index contributed by atoms with van der Waals surface area (Å²) in [6, 6.07) is 3.50. The van der Waals surface area contributed by atoms with Crippen molar-refractivity contribution in [1.82, 2.24) is 4.31 Å². The Morgan fingerprint density at radius 3 is 2.65 bits per heavy atom. The zero-order chi connectivity index (χ0) is 13.1. The van der Waals surface area contributed by atoms with Crippen molar-refractivity contribution in [2.45, 2.75) is 24.0 Å². The van der Waals surface area contributed by atoms with Crippen LogP contribution in [0.2, 0.25) is 0 Å². The van der Waals surface area contributed by atoms with Gasteiger partial charge in [-0.05, 0) is 18.6 Å². The molecule has 0 aliphatic rings. The summed E-state index contributed by atoms with van der Waals surface area (Å²) < 4.78 is 25.9. The van der Waals surface area contributed by atoms with Gasteiger partial charge in [-0.15, -0.1) is 11.3 Å². The molecule has 1 heterocycles. The third-order valence-electron chi connectivity index (χ3n) is 2.32. The van der Waals surface area contributed by atoms with Crippen LogP contribution in [0.5, 0.6) is 0 Å². The number of thiocarbonyl (C=S) groups is 1. The van der Waals surface area contributed by atoms with Crippen LogP contribution in [0, 0.1) is 0 Å². The summed E-state index contributed by atoms with van der Waals surface area (Å²) in [6.07, 6.45) is 1.24. The lowest BCUT2D eigenvalue weighted by Gasteiger charge is -2.15. The summed E-state index contributed by atoms with van der Waals surface area (Å²) in [5.74, 6) is 0. The molecule has 0 spiro atoms. The van der Waals surface area contributed by atoms with Crippen molar-refractivity contribution >= 4 is 38.6 Å². The van der Waals surface area contributed by atoms with Gasteiger partial charge in [0.2, 0.25) is 0 Å². The van der Waals surface area contributed by atoms with Crippen molar-refractivity contribution < 1.29 is 8.42 Å². The van der Waals surface area contributed by atoms with Gasteiger partial charge in [-0.25, -0.2) is 8.42 Å². The standard InChI is InChI=1S/C10H16N2O2S3/c1-3-8-4-5-10(16-8)17(13,14)12(2)7-6-9(11)15/h4-5H,3,6-7H2,1-2H3,(H2,11,15). The van der Waals surface area contributed by atoms with E-state index in [9.17, 15) is 8.42 Å². The molecular formula is C10H16N2O2S3. The van der Waals surface area contributed by atoms with Gasteiger partial charge >= 0.3 is 0 Å². The van der Waals surface area contributed by atoms with Gasteiger partial charge in [0.15, 0.2) is 0 Å². The van der Waals surface area contributed by atoms with E-state index >= 15 is 0 Å². The summed E-state index contributed by atoms with van der Waals surface area (Å²) in [7, 11) is -1.85. The first-order chi connectivity index (χ1) is 7.87. The second-order valence-electron chi connectivity index (χ2n) is 3.62. The van der Waals surface area contributed by atoms with Gasteiger partial charge in [0.25, 0.3) is 10.0 Å². The topological polar surface area (TPSA) is 63.4 Å². The Kier molecular flexibility index (Phi) is 5.05. The molecule has 0 unspecified atom stereocenters. The maximum atomic E-state index is 12.1. The first-order valence-electron chi connectivity index (χ1n) is 5.21. The quantitative estimate of drug-likeness (QED) is 0.809. The van der Waals surface area contributed by atoms with Crippen molar-refractivity contribution in [2.24, 2.45) is 5.73 Å². The summed E-state index contributed by atoms with van der Waals surface area (Å²) >= 11 is 6.04. The van der Waals surface area contributed by atoms with Crippen LogP contribution in [-0.4, -0.2) is 31.3 Å². The highest BCUT2D eigenvalue weighted by atomic mass is 32.2. The molecule has 0 atom stereocenters. The Labute approximate surface area is 111 Å². The van der Waals surface area contributed by atoms with Crippen molar-refractivity contribution in [1.29, 1.82) is 0 Å². The fourth-order valence-electron chi connectivity index (χ4n) is 1.23. The smallest absolute Gasteiger partial charge is 0.252 e. The van der Waals surface area contributed by atoms with Crippen LogP contribution in [-0.2, 0) is 16.4 Å². The minimum absolute atomic E-state index is 0.316. The van der Waals surface area contributed by atoms with Crippen LogP contribution < -0.4 is 5.73 Å². The Morgan fingerprint density at radius 2 is 2.18 bits per heavy atom. The van der Waals surface area contributed by atoms with Crippen molar-refractivity contribution in [2.75, 3.05) is 13.6 Å². The van der Waals surface area contributed by atoms with Crippen molar-refractivity contribution in [3.63, 3.8) is 0 Å². The second kappa shape index (κ2) is 5.90. The molecule has 0 saturated carbocycles. The molecule has 4 nitrogen and oxygen atoms in total. The van der Waals surface area contributed by atoms with Crippen LogP contribution in [0.15, 0.2) is 16.3 Å². The van der Waals surface area contributed by atoms with Crippen molar-refractivity contribution in [3.05, 3.63) is 17.0 Å². The fraction of sp³-hybridized carbons (Fsp3) is 0.500. The largest absolute Gasteiger partial charge is 0.393 e. The predicted octanol–water partition coefficient (Wildman–Crippen LogP) is 1.61. The van der Waals surface area contributed by atoms with Crippen LogP contribution in [0.1, 0.15) is 18.2 Å². The lowest BCUT2D eigenvalue weighted by Crippen LogP contribution is -2.29. The third-order valence-corrected chi connectivity index (χ3v) is 6.08. The summed E-state index contributed by atoms with van der Waals surface area (Å²) in [5.41, 5.74) is 5.36. The van der Waals surface area contributed by atoms with E-state index in [0.717, 1.165) is 11.3 Å². The van der Waals surface area contributed by atoms with E-state index < -0.39 is 10.0 Å². The maximum absolute atomic E-state index is 12.1. The molecule has 0 saturated heterocycles. The number of sulfonamides is 1. The normalized spacial score (nSPS) is 11.9. The van der Waals surface area contributed by atoms with E-state index in [4.69, 9.17) is 18.0 Å². The Balaban J connectivity index is 2.83. The molecular weight excluding hydrogens is 276 g/mol. The molecule has 0 fully saturated rings. The molecule has 96 valence electrons. The first kappa shape index (κ1) is 14.6. The average molecular weight is 292 g/mol. The predicted molar refractivity (Wildman–Crippen MR) is 74.9 cm³/mol. The summed E-state index contributed by atoms with van der Waals surface area (Å²) in [5, 5.41) is 0. The van der Waals surface area contributed by atoms with Crippen LogP contribution in [0.4, 0.5) is 0 Å². The monoisotopic (exact) mass is 292 g/mol. The number of aryl methyl sites for hydroxylation is 1. The molecule has 0 aromatic carbocycles. The highest BCUT2D eigenvalue weighted by molar-refractivity contribution is 7.91. The zero-order valence-electron chi connectivity index (χ0n) is 9.84. The van der Waals surface area contributed by atoms with E-state index in [1.165, 1.54) is 15.6 Å². The van der Waals surface area contributed by atoms with Crippen molar-refractivity contribution in [3.8, 4) is 0 Å². The Bertz CT molecular complexity index is 493. The van der Waals surface area contributed by atoms with Gasteiger partial charge in [-0.3, -0.25) is 0 Å². The molecule has 0 aliphatic heterocycles. The highest BCUT2D eigenvalue weighted by Gasteiger charge is 2.22. The minimum atomic E-state index is -3.39. The van der Waals surface area contributed by atoms with E-state index in [0.29, 0.717) is 22.2 Å². The van der Waals surface area contributed by atoms with E-state index in [1.807, 2.05) is 13.0 Å². The molecule has 1 aromatic rings. The van der Waals surface area contributed by atoms with Gasteiger partial charge in [0, 0.05) is 24.9 Å². The molecule has 0 aliphatic carbocycles. The van der Waals surface area contributed by atoms with Crippen LogP contribution in [0.3, 0.4) is 0 Å². The van der Waals surface area contributed by atoms with Gasteiger partial charge in [-0.2, -0.15) is 4.31 Å². The SMILES string of the molecule is CCc1ccc(S(=O)(=O)N(C)CCC(N)=S)s1. The fourth-order valence-corrected chi connectivity index (χ4v) is 4.00. The second-order valence-corrected chi connectivity index (χ2v) is 7.58. The number of hydrogen-bond donors (Lipinski definition) is 1. The molecule has 0 radical (unpaired) electrons. The minimum Gasteiger partial charge on any atom is -0.393 e. The first-order valence-corrected chi connectivity index (χ1v) is 7.87. The molecule has 17 heavy (non-hydrogen) atoms. The van der Waals surface area contributed by atoms with Crippen LogP contribution >= 0.6 is 23.6 Å². The number of nitrogens with two attached hydrogens (primary N) is 1. The average Bonchev–Trinajstić information content (AvgIpc) is 2.74. The Hall–Kier alpha value is -0.500. The summed E-state index contributed by atoms with van der Waals surface area (Å²) in [6.45, 7) is 2.32. The van der Waals surface area contributed by atoms with Gasteiger partial charge in [-0.1, -0.05) is 19.1 Å². The van der Waals surface area contributed by atoms with Gasteiger partial charge < -0.3 is 5.73 Å². The Morgan fingerprint density at radius 1 is 1.53 bits per heavy atom. The third kappa shape index (κ3) is 3.74. The van der Waals surface area contributed by atoms with E-state index in [1.54, 1.807) is 13.1 Å². The number of hydrogen-bond acceptors (Lipinski definition) is 4. The molecule has 2 N–H and O–H groups in total. The molecule has 0 bridgehead atoms. The number of nitrogens with zero attached hydrogens (tertiary/aromatic N) is 1. The maximum Gasteiger partial charge on any atom is 0.252 e. The van der Waals surface area contributed by atoms with Crippen LogP contribution in [0.25, 0.3) is 0 Å². The molecule has 0 amide bonds. The molecule has 1 aromatic heterocycles. The van der Waals surface area contributed by atoms with E-state index in [-0.39, 0.29) is 0 Å². The van der Waals surface area contributed by atoms with E-state index in [2.05, 4.69) is 0 Å². The lowest BCUT2D eigenvalue weighted by molar-refractivity contribution is 0.480. The van der Waals surface area contributed by atoms with Gasteiger partial charge in [0.1, 0.15) is 4.21 Å². The van der Waals surface area contributed by atoms with Gasteiger partial charge in [0.05, 0.1) is 4.99 Å². The summed E-state index contributed by atoms with van der Waals surface area (Å²) in [4.78, 5) is 1.39. The molecule has 1 rings (SSSR count). The zero-order valence-corrected chi connectivity index (χ0v) is 12.3. The molecule has 7 heteroatoms. The lowest BCUT2D eigenvalue weighted by atomic mass is 10.4. The number of rotatable bonds is 6. The highest BCUT2D eigenvalue weighted by Crippen LogP contribution is 2.24.